The average Bonchev–Trinajstić information content (AvgIpc) is 2.34. The first-order chi connectivity index (χ1) is 8.13. The van der Waals surface area contributed by atoms with E-state index in [1.807, 2.05) is 7.05 Å². The van der Waals surface area contributed by atoms with Crippen LogP contribution in [0.25, 0.3) is 0 Å². The van der Waals surface area contributed by atoms with Crippen LogP contribution in [0.2, 0.25) is 0 Å². The van der Waals surface area contributed by atoms with Crippen molar-refractivity contribution in [3.8, 4) is 0 Å². The summed E-state index contributed by atoms with van der Waals surface area (Å²) < 4.78 is 5.67. The molecule has 0 radical (unpaired) electrons. The normalized spacial score (nSPS) is 24.6. The predicted octanol–water partition coefficient (Wildman–Crippen LogP) is 1.39. The predicted molar refractivity (Wildman–Crippen MR) is 68.7 cm³/mol. The molecule has 17 heavy (non-hydrogen) atoms. The van der Waals surface area contributed by atoms with Crippen molar-refractivity contribution in [1.82, 2.24) is 4.90 Å². The first kappa shape index (κ1) is 14.5. The number of amides is 1. The maximum Gasteiger partial charge on any atom is 0.248 e. The molecule has 1 aliphatic rings. The van der Waals surface area contributed by atoms with Crippen molar-refractivity contribution < 1.29 is 9.53 Å². The van der Waals surface area contributed by atoms with E-state index in [2.05, 4.69) is 6.92 Å². The summed E-state index contributed by atoms with van der Waals surface area (Å²) in [7, 11) is 1.81. The number of likely N-dealkylation sites (N-methyl/N-ethyl adjacent to an activating group) is 1. The minimum absolute atomic E-state index is 0.0667. The SMILES string of the molecule is CC1CCC(OCC(=O)N(C)CCCN)CC1. The molecule has 0 aliphatic heterocycles. The Labute approximate surface area is 104 Å². The Hall–Kier alpha value is -0.610. The topological polar surface area (TPSA) is 55.6 Å². The van der Waals surface area contributed by atoms with E-state index < -0.39 is 0 Å². The molecule has 0 aromatic rings. The second kappa shape index (κ2) is 7.67. The van der Waals surface area contributed by atoms with Crippen molar-refractivity contribution in [2.45, 2.75) is 45.1 Å². The zero-order valence-electron chi connectivity index (χ0n) is 11.2. The van der Waals surface area contributed by atoms with E-state index in [4.69, 9.17) is 10.5 Å². The lowest BCUT2D eigenvalue weighted by molar-refractivity contribution is -0.137. The number of hydrogen-bond donors (Lipinski definition) is 1. The van der Waals surface area contributed by atoms with Crippen LogP contribution >= 0.6 is 0 Å². The summed E-state index contributed by atoms with van der Waals surface area (Å²) >= 11 is 0. The third kappa shape index (κ3) is 5.50. The Morgan fingerprint density at radius 1 is 1.35 bits per heavy atom. The average molecular weight is 242 g/mol. The van der Waals surface area contributed by atoms with Gasteiger partial charge in [-0.15, -0.1) is 0 Å². The Kier molecular flexibility index (Phi) is 6.52. The minimum atomic E-state index is 0.0667. The van der Waals surface area contributed by atoms with Crippen LogP contribution in [-0.2, 0) is 9.53 Å². The number of nitrogens with zero attached hydrogens (tertiary/aromatic N) is 1. The fraction of sp³-hybridized carbons (Fsp3) is 0.923. The molecule has 1 amide bonds. The Balaban J connectivity index is 2.14. The number of carbonyl (C=O) groups is 1. The molecule has 4 heteroatoms. The lowest BCUT2D eigenvalue weighted by Gasteiger charge is -2.26. The van der Waals surface area contributed by atoms with Gasteiger partial charge in [0.05, 0.1) is 6.10 Å². The van der Waals surface area contributed by atoms with Crippen molar-refractivity contribution in [2.75, 3.05) is 26.7 Å². The van der Waals surface area contributed by atoms with Gasteiger partial charge in [0.1, 0.15) is 6.61 Å². The molecule has 0 atom stereocenters. The van der Waals surface area contributed by atoms with Crippen LogP contribution in [0.5, 0.6) is 0 Å². The van der Waals surface area contributed by atoms with Gasteiger partial charge in [-0.1, -0.05) is 6.92 Å². The summed E-state index contributed by atoms with van der Waals surface area (Å²) in [6.45, 7) is 3.85. The molecular formula is C13H26N2O2. The molecule has 100 valence electrons. The van der Waals surface area contributed by atoms with Crippen LogP contribution in [0.15, 0.2) is 0 Å². The van der Waals surface area contributed by atoms with Crippen LogP contribution in [0.3, 0.4) is 0 Å². The fourth-order valence-corrected chi connectivity index (χ4v) is 2.15. The Morgan fingerprint density at radius 2 is 2.00 bits per heavy atom. The molecule has 0 saturated heterocycles. The molecule has 0 aromatic carbocycles. The second-order valence-electron chi connectivity index (χ2n) is 5.15. The molecule has 1 aliphatic carbocycles. The summed E-state index contributed by atoms with van der Waals surface area (Å²) in [6.07, 6.45) is 5.78. The molecule has 0 spiro atoms. The highest BCUT2D eigenvalue weighted by Gasteiger charge is 2.20. The quantitative estimate of drug-likeness (QED) is 0.765. The minimum Gasteiger partial charge on any atom is -0.368 e. The number of hydrogen-bond acceptors (Lipinski definition) is 3. The summed E-state index contributed by atoms with van der Waals surface area (Å²) in [6, 6.07) is 0. The van der Waals surface area contributed by atoms with Crippen LogP contribution in [0.4, 0.5) is 0 Å². The lowest BCUT2D eigenvalue weighted by Crippen LogP contribution is -2.34. The highest BCUT2D eigenvalue weighted by Crippen LogP contribution is 2.25. The van der Waals surface area contributed by atoms with Crippen molar-refractivity contribution in [2.24, 2.45) is 11.7 Å². The van der Waals surface area contributed by atoms with Gasteiger partial charge >= 0.3 is 0 Å². The molecule has 1 fully saturated rings. The third-order valence-electron chi connectivity index (χ3n) is 3.53. The van der Waals surface area contributed by atoms with E-state index in [0.29, 0.717) is 6.54 Å². The molecule has 0 heterocycles. The molecule has 1 rings (SSSR count). The van der Waals surface area contributed by atoms with Crippen LogP contribution in [-0.4, -0.2) is 43.7 Å². The molecule has 1 saturated carbocycles. The summed E-state index contributed by atoms with van der Waals surface area (Å²) in [5.41, 5.74) is 5.41. The Bertz CT molecular complexity index is 225. The van der Waals surface area contributed by atoms with Crippen molar-refractivity contribution in [3.05, 3.63) is 0 Å². The van der Waals surface area contributed by atoms with Gasteiger partial charge < -0.3 is 15.4 Å². The third-order valence-corrected chi connectivity index (χ3v) is 3.53. The maximum atomic E-state index is 11.7. The van der Waals surface area contributed by atoms with Gasteiger partial charge in [-0.3, -0.25) is 4.79 Å². The maximum absolute atomic E-state index is 11.7. The zero-order valence-corrected chi connectivity index (χ0v) is 11.2. The molecule has 0 unspecified atom stereocenters. The van der Waals surface area contributed by atoms with E-state index >= 15 is 0 Å². The van der Waals surface area contributed by atoms with Gasteiger partial charge in [-0.2, -0.15) is 0 Å². The molecule has 2 N–H and O–H groups in total. The van der Waals surface area contributed by atoms with Gasteiger partial charge in [-0.05, 0) is 44.6 Å². The van der Waals surface area contributed by atoms with Crippen LogP contribution in [0, 0.1) is 5.92 Å². The van der Waals surface area contributed by atoms with Crippen LogP contribution in [0.1, 0.15) is 39.0 Å². The van der Waals surface area contributed by atoms with Gasteiger partial charge in [0.15, 0.2) is 0 Å². The van der Waals surface area contributed by atoms with Gasteiger partial charge in [0.25, 0.3) is 0 Å². The van der Waals surface area contributed by atoms with E-state index in [-0.39, 0.29) is 18.6 Å². The van der Waals surface area contributed by atoms with Gasteiger partial charge in [0, 0.05) is 13.6 Å². The van der Waals surface area contributed by atoms with E-state index in [1.165, 1.54) is 12.8 Å². The number of carbonyl (C=O) groups excluding carboxylic acids is 1. The second-order valence-corrected chi connectivity index (χ2v) is 5.15. The highest BCUT2D eigenvalue weighted by atomic mass is 16.5. The van der Waals surface area contributed by atoms with Gasteiger partial charge in [0.2, 0.25) is 5.91 Å². The molecule has 4 nitrogen and oxygen atoms in total. The largest absolute Gasteiger partial charge is 0.368 e. The standard InChI is InChI=1S/C13H26N2O2/c1-11-4-6-12(7-5-11)17-10-13(16)15(2)9-3-8-14/h11-12H,3-10,14H2,1-2H3. The number of nitrogens with two attached hydrogens (primary N) is 1. The van der Waals surface area contributed by atoms with E-state index in [1.54, 1.807) is 4.90 Å². The number of ether oxygens (including phenoxy) is 1. The van der Waals surface area contributed by atoms with Crippen molar-refractivity contribution in [1.29, 1.82) is 0 Å². The molecular weight excluding hydrogens is 216 g/mol. The Morgan fingerprint density at radius 3 is 2.59 bits per heavy atom. The smallest absolute Gasteiger partial charge is 0.248 e. The van der Waals surface area contributed by atoms with E-state index in [9.17, 15) is 4.79 Å². The van der Waals surface area contributed by atoms with Gasteiger partial charge in [-0.25, -0.2) is 0 Å². The zero-order chi connectivity index (χ0) is 12.7. The molecule has 0 bridgehead atoms. The monoisotopic (exact) mass is 242 g/mol. The number of rotatable bonds is 6. The lowest BCUT2D eigenvalue weighted by atomic mass is 9.89. The fourth-order valence-electron chi connectivity index (χ4n) is 2.15. The highest BCUT2D eigenvalue weighted by molar-refractivity contribution is 5.77. The van der Waals surface area contributed by atoms with Crippen molar-refractivity contribution in [3.63, 3.8) is 0 Å². The molecule has 0 aromatic heterocycles. The van der Waals surface area contributed by atoms with Crippen molar-refractivity contribution >= 4 is 5.91 Å². The summed E-state index contributed by atoms with van der Waals surface area (Å²) in [4.78, 5) is 13.4. The first-order valence-electron chi connectivity index (χ1n) is 6.69. The summed E-state index contributed by atoms with van der Waals surface area (Å²) in [5, 5.41) is 0. The summed E-state index contributed by atoms with van der Waals surface area (Å²) in [5.74, 6) is 0.884. The first-order valence-corrected chi connectivity index (χ1v) is 6.69. The van der Waals surface area contributed by atoms with E-state index in [0.717, 1.165) is 31.7 Å². The van der Waals surface area contributed by atoms with Crippen LogP contribution < -0.4 is 5.73 Å².